The molecule has 0 aliphatic heterocycles. The lowest BCUT2D eigenvalue weighted by molar-refractivity contribution is 0.404. The molecule has 1 aromatic carbocycles. The Morgan fingerprint density at radius 2 is 1.05 bits per heavy atom. The molecule has 0 aromatic heterocycles. The predicted octanol–water partition coefficient (Wildman–Crippen LogP) is 3.38. The Morgan fingerprint density at radius 3 is 1.27 bits per heavy atom. The van der Waals surface area contributed by atoms with Gasteiger partial charge in [0.15, 0.2) is 0 Å². The highest BCUT2D eigenvalue weighted by Gasteiger charge is 2.30. The normalized spacial score (nSPS) is 13.8. The summed E-state index contributed by atoms with van der Waals surface area (Å²) >= 11 is 0. The Labute approximate surface area is 142 Å². The molecule has 126 valence electrons. The van der Waals surface area contributed by atoms with Crippen molar-refractivity contribution >= 4 is 39.8 Å². The van der Waals surface area contributed by atoms with Crippen LogP contribution in [-0.4, -0.2) is 43.2 Å². The maximum absolute atomic E-state index is 2.60. The second-order valence-electron chi connectivity index (χ2n) is 10.0. The van der Waals surface area contributed by atoms with Gasteiger partial charge < -0.3 is 4.90 Å². The van der Waals surface area contributed by atoms with Crippen molar-refractivity contribution < 1.29 is 0 Å². The Morgan fingerprint density at radius 1 is 0.682 bits per heavy atom. The van der Waals surface area contributed by atoms with Gasteiger partial charge in [0.05, 0.1) is 24.2 Å². The van der Waals surface area contributed by atoms with Gasteiger partial charge in [0.1, 0.15) is 0 Å². The molecular formula is C18H37NSi3. The van der Waals surface area contributed by atoms with Crippen LogP contribution in [0.5, 0.6) is 0 Å². The van der Waals surface area contributed by atoms with Crippen LogP contribution < -0.4 is 15.6 Å². The number of benzene rings is 1. The van der Waals surface area contributed by atoms with Crippen molar-refractivity contribution in [3.8, 4) is 0 Å². The molecule has 0 bridgehead atoms. The van der Waals surface area contributed by atoms with Crippen molar-refractivity contribution in [1.82, 2.24) is 4.90 Å². The van der Waals surface area contributed by atoms with E-state index in [1.54, 1.807) is 21.1 Å². The van der Waals surface area contributed by atoms with Crippen LogP contribution in [0.25, 0.3) is 0 Å². The highest BCUT2D eigenvalue weighted by molar-refractivity contribution is 6.94. The molecule has 1 rings (SSSR count). The van der Waals surface area contributed by atoms with Crippen LogP contribution in [-0.2, 0) is 6.54 Å². The maximum Gasteiger partial charge on any atom is 0.0780 e. The molecule has 4 heteroatoms. The highest BCUT2D eigenvalue weighted by Crippen LogP contribution is 2.14. The van der Waals surface area contributed by atoms with Crippen molar-refractivity contribution in [3.05, 3.63) is 17.7 Å². The molecule has 0 unspecified atom stereocenters. The van der Waals surface area contributed by atoms with Crippen LogP contribution in [0.3, 0.4) is 0 Å². The smallest absolute Gasteiger partial charge is 0.0780 e. The minimum absolute atomic E-state index is 1.09. The van der Waals surface area contributed by atoms with Gasteiger partial charge in [-0.3, -0.25) is 0 Å². The fourth-order valence-electron chi connectivity index (χ4n) is 2.93. The lowest BCUT2D eigenvalue weighted by Crippen LogP contribution is -2.55. The zero-order valence-electron chi connectivity index (χ0n) is 16.8. The Hall–Kier alpha value is -0.169. The van der Waals surface area contributed by atoms with E-state index in [0.717, 1.165) is 6.54 Å². The minimum atomic E-state index is -1.35. The van der Waals surface area contributed by atoms with Gasteiger partial charge in [-0.2, -0.15) is 0 Å². The lowest BCUT2D eigenvalue weighted by atomic mass is 10.2. The van der Waals surface area contributed by atoms with Gasteiger partial charge in [0.25, 0.3) is 0 Å². The van der Waals surface area contributed by atoms with Crippen LogP contribution in [0.2, 0.25) is 58.9 Å². The molecule has 0 heterocycles. The second-order valence-corrected chi connectivity index (χ2v) is 25.2. The van der Waals surface area contributed by atoms with Gasteiger partial charge in [-0.25, -0.2) is 0 Å². The van der Waals surface area contributed by atoms with E-state index in [0.29, 0.717) is 0 Å². The molecule has 1 aromatic rings. The fraction of sp³-hybridized carbons (Fsp3) is 0.667. The molecule has 22 heavy (non-hydrogen) atoms. The summed E-state index contributed by atoms with van der Waals surface area (Å²) < 4.78 is 0. The third kappa shape index (κ3) is 4.91. The largest absolute Gasteiger partial charge is 0.305 e. The summed E-state index contributed by atoms with van der Waals surface area (Å²) in [5.41, 5.74) is 1.66. The molecule has 0 aliphatic rings. The van der Waals surface area contributed by atoms with E-state index in [4.69, 9.17) is 0 Å². The van der Waals surface area contributed by atoms with Crippen molar-refractivity contribution in [3.63, 3.8) is 0 Å². The standard InChI is InChI=1S/C18H37NSi3/c1-19(2)14-16-17(21(6,7)8)12-15(20(3,4)5)13-18(16)22(9,10)11/h12-13H,14H2,1-11H3. The lowest BCUT2D eigenvalue weighted by Gasteiger charge is -2.33. The summed E-state index contributed by atoms with van der Waals surface area (Å²) in [4.78, 5) is 2.34. The Bertz CT molecular complexity index is 494. The van der Waals surface area contributed by atoms with Crippen molar-refractivity contribution in [2.24, 2.45) is 0 Å². The topological polar surface area (TPSA) is 3.24 Å². The van der Waals surface area contributed by atoms with Crippen molar-refractivity contribution in [2.45, 2.75) is 65.5 Å². The number of hydrogen-bond donors (Lipinski definition) is 0. The average molecular weight is 352 g/mol. The molecule has 0 fully saturated rings. The van der Waals surface area contributed by atoms with Crippen LogP contribution in [0, 0.1) is 0 Å². The molecule has 0 aliphatic carbocycles. The molecule has 1 nitrogen and oxygen atoms in total. The second kappa shape index (κ2) is 6.38. The van der Waals surface area contributed by atoms with Gasteiger partial charge in [-0.15, -0.1) is 0 Å². The van der Waals surface area contributed by atoms with Crippen LogP contribution in [0.15, 0.2) is 12.1 Å². The van der Waals surface area contributed by atoms with Gasteiger partial charge in [0, 0.05) is 6.54 Å². The minimum Gasteiger partial charge on any atom is -0.305 e. The summed E-state index contributed by atoms with van der Waals surface area (Å²) in [6, 6.07) is 5.20. The SMILES string of the molecule is CN(C)Cc1c([Si](C)(C)C)cc([Si](C)(C)C)cc1[Si](C)(C)C. The fourth-order valence-corrected chi connectivity index (χ4v) is 7.91. The predicted molar refractivity (Wildman–Crippen MR) is 113 cm³/mol. The third-order valence-electron chi connectivity index (χ3n) is 4.21. The van der Waals surface area contributed by atoms with E-state index < -0.39 is 24.2 Å². The monoisotopic (exact) mass is 351 g/mol. The number of nitrogens with zero attached hydrogens (tertiary/aromatic N) is 1. The first kappa shape index (κ1) is 19.9. The molecule has 0 amide bonds. The number of hydrogen-bond acceptors (Lipinski definition) is 1. The van der Waals surface area contributed by atoms with Crippen LogP contribution in [0.1, 0.15) is 5.56 Å². The molecule has 0 saturated carbocycles. The molecular weight excluding hydrogens is 314 g/mol. The van der Waals surface area contributed by atoms with Gasteiger partial charge in [-0.05, 0) is 19.7 Å². The zero-order valence-corrected chi connectivity index (χ0v) is 19.8. The maximum atomic E-state index is 2.60. The first-order valence-corrected chi connectivity index (χ1v) is 19.0. The van der Waals surface area contributed by atoms with Crippen LogP contribution >= 0.6 is 0 Å². The van der Waals surface area contributed by atoms with E-state index in [-0.39, 0.29) is 0 Å². The van der Waals surface area contributed by atoms with E-state index in [1.807, 2.05) is 0 Å². The molecule has 0 radical (unpaired) electrons. The van der Waals surface area contributed by atoms with E-state index in [1.165, 1.54) is 0 Å². The summed E-state index contributed by atoms with van der Waals surface area (Å²) in [6.07, 6.45) is 0. The Kier molecular flexibility index (Phi) is 5.76. The Balaban J connectivity index is 3.78. The van der Waals surface area contributed by atoms with Crippen molar-refractivity contribution in [1.29, 1.82) is 0 Å². The van der Waals surface area contributed by atoms with Gasteiger partial charge in [-0.1, -0.05) is 86.6 Å². The molecule has 0 atom stereocenters. The van der Waals surface area contributed by atoms with E-state index in [9.17, 15) is 0 Å². The van der Waals surface area contributed by atoms with Gasteiger partial charge in [0.2, 0.25) is 0 Å². The van der Waals surface area contributed by atoms with E-state index >= 15 is 0 Å². The molecule has 0 spiro atoms. The number of rotatable bonds is 5. The summed E-state index contributed by atoms with van der Waals surface area (Å²) in [5.74, 6) is 0. The summed E-state index contributed by atoms with van der Waals surface area (Å²) in [7, 11) is 0.425. The third-order valence-corrected chi connectivity index (χ3v) is 10.4. The summed E-state index contributed by atoms with van der Waals surface area (Å²) in [6.45, 7) is 23.6. The zero-order chi connectivity index (χ0) is 17.5. The van der Waals surface area contributed by atoms with E-state index in [2.05, 4.69) is 90.1 Å². The molecule has 0 N–H and O–H groups in total. The molecule has 0 saturated heterocycles. The average Bonchev–Trinajstić information content (AvgIpc) is 2.23. The summed E-state index contributed by atoms with van der Waals surface area (Å²) in [5, 5.41) is 5.07. The first-order chi connectivity index (χ1) is 9.64. The highest BCUT2D eigenvalue weighted by atomic mass is 28.3. The van der Waals surface area contributed by atoms with Crippen molar-refractivity contribution in [2.75, 3.05) is 14.1 Å². The quantitative estimate of drug-likeness (QED) is 0.735. The van der Waals surface area contributed by atoms with Gasteiger partial charge >= 0.3 is 0 Å². The van der Waals surface area contributed by atoms with Crippen LogP contribution in [0.4, 0.5) is 0 Å². The first-order valence-electron chi connectivity index (χ1n) is 8.47.